The summed E-state index contributed by atoms with van der Waals surface area (Å²) >= 11 is 0. The van der Waals surface area contributed by atoms with Crippen molar-refractivity contribution < 1.29 is 4.79 Å². The second kappa shape index (κ2) is 6.86. The summed E-state index contributed by atoms with van der Waals surface area (Å²) < 4.78 is 0. The number of nitrogens with one attached hydrogen (secondary N) is 2. The zero-order chi connectivity index (χ0) is 17.1. The normalized spacial score (nSPS) is 17.9. The molecule has 1 aliphatic rings. The van der Waals surface area contributed by atoms with Gasteiger partial charge in [0.2, 0.25) is 5.91 Å². The fourth-order valence-electron chi connectivity index (χ4n) is 2.89. The third-order valence-electron chi connectivity index (χ3n) is 4.24. The van der Waals surface area contributed by atoms with Gasteiger partial charge in [0.05, 0.1) is 11.6 Å². The molecule has 126 valence electrons. The van der Waals surface area contributed by atoms with Gasteiger partial charge in [-0.25, -0.2) is 10.8 Å². The van der Waals surface area contributed by atoms with E-state index in [0.29, 0.717) is 5.82 Å². The fourth-order valence-corrected chi connectivity index (χ4v) is 2.89. The van der Waals surface area contributed by atoms with Crippen LogP contribution in [0, 0.1) is 5.92 Å². The zero-order valence-corrected chi connectivity index (χ0v) is 13.6. The van der Waals surface area contributed by atoms with Gasteiger partial charge in [-0.05, 0) is 30.5 Å². The molecule has 2 heterocycles. The lowest BCUT2D eigenvalue weighted by Crippen LogP contribution is -2.25. The van der Waals surface area contributed by atoms with Crippen molar-refractivity contribution in [2.24, 2.45) is 17.5 Å². The van der Waals surface area contributed by atoms with Crippen LogP contribution < -0.4 is 22.2 Å². The molecule has 0 radical (unpaired) electrons. The summed E-state index contributed by atoms with van der Waals surface area (Å²) in [6.45, 7) is 1.60. The summed E-state index contributed by atoms with van der Waals surface area (Å²) in [5, 5.41) is 9.50. The standard InChI is InChI=1S/C17H22N6O/c1-23(19)15(8-18)11-2-3-12-10-21-16(7-14(12)6-11)22-17(24)13-4-5-20-9-13/h2-3,6-8,10,13,20H,4-5,9,18-19H2,1H3,(H,21,22,24)/b15-8-. The number of fused-ring (bicyclic) bond motifs is 1. The van der Waals surface area contributed by atoms with E-state index in [-0.39, 0.29) is 11.8 Å². The Balaban J connectivity index is 1.87. The summed E-state index contributed by atoms with van der Waals surface area (Å²) in [6, 6.07) is 7.74. The molecule has 24 heavy (non-hydrogen) atoms. The molecule has 3 rings (SSSR count). The van der Waals surface area contributed by atoms with Crippen molar-refractivity contribution >= 4 is 28.2 Å². The Hall–Kier alpha value is -2.64. The van der Waals surface area contributed by atoms with E-state index in [2.05, 4.69) is 15.6 Å². The molecule has 2 aromatic rings. The van der Waals surface area contributed by atoms with Crippen LogP contribution in [-0.2, 0) is 4.79 Å². The number of aromatic nitrogens is 1. The molecule has 1 fully saturated rings. The molecule has 7 heteroatoms. The van der Waals surface area contributed by atoms with E-state index in [1.165, 1.54) is 11.2 Å². The van der Waals surface area contributed by atoms with Gasteiger partial charge in [-0.3, -0.25) is 4.79 Å². The summed E-state index contributed by atoms with van der Waals surface area (Å²) in [5.74, 6) is 6.36. The highest BCUT2D eigenvalue weighted by molar-refractivity contribution is 5.95. The van der Waals surface area contributed by atoms with Crippen molar-refractivity contribution in [3.05, 3.63) is 42.2 Å². The van der Waals surface area contributed by atoms with E-state index in [1.807, 2.05) is 24.3 Å². The molecule has 0 saturated carbocycles. The first-order chi connectivity index (χ1) is 11.6. The summed E-state index contributed by atoms with van der Waals surface area (Å²) in [6.07, 6.45) is 4.08. The maximum atomic E-state index is 12.2. The predicted molar refractivity (Wildman–Crippen MR) is 95.5 cm³/mol. The quantitative estimate of drug-likeness (QED) is 0.490. The molecule has 1 unspecified atom stereocenters. The van der Waals surface area contributed by atoms with E-state index in [9.17, 15) is 4.79 Å². The average molecular weight is 326 g/mol. The van der Waals surface area contributed by atoms with Crippen molar-refractivity contribution in [2.45, 2.75) is 6.42 Å². The maximum Gasteiger partial charge on any atom is 0.229 e. The van der Waals surface area contributed by atoms with Crippen LogP contribution in [0.1, 0.15) is 12.0 Å². The van der Waals surface area contributed by atoms with Gasteiger partial charge in [-0.2, -0.15) is 0 Å². The molecule has 0 aliphatic carbocycles. The number of benzene rings is 1. The van der Waals surface area contributed by atoms with Crippen LogP contribution in [0.5, 0.6) is 0 Å². The van der Waals surface area contributed by atoms with E-state index >= 15 is 0 Å². The van der Waals surface area contributed by atoms with Crippen LogP contribution in [0.4, 0.5) is 5.82 Å². The minimum Gasteiger partial charge on any atom is -0.403 e. The van der Waals surface area contributed by atoms with Crippen molar-refractivity contribution in [1.82, 2.24) is 15.3 Å². The third-order valence-corrected chi connectivity index (χ3v) is 4.24. The van der Waals surface area contributed by atoms with Crippen LogP contribution in [0.3, 0.4) is 0 Å². The van der Waals surface area contributed by atoms with E-state index in [1.54, 1.807) is 13.2 Å². The van der Waals surface area contributed by atoms with Crippen molar-refractivity contribution in [3.63, 3.8) is 0 Å². The lowest BCUT2D eigenvalue weighted by Gasteiger charge is -2.17. The van der Waals surface area contributed by atoms with E-state index in [4.69, 9.17) is 11.6 Å². The molecule has 0 bridgehead atoms. The van der Waals surface area contributed by atoms with Gasteiger partial charge in [-0.1, -0.05) is 12.1 Å². The highest BCUT2D eigenvalue weighted by Gasteiger charge is 2.22. The smallest absolute Gasteiger partial charge is 0.229 e. The Labute approximate surface area is 140 Å². The second-order valence-corrected chi connectivity index (χ2v) is 5.97. The Morgan fingerprint density at radius 1 is 1.42 bits per heavy atom. The van der Waals surface area contributed by atoms with Crippen molar-refractivity contribution in [3.8, 4) is 0 Å². The molecular formula is C17H22N6O. The number of carbonyl (C=O) groups is 1. The maximum absolute atomic E-state index is 12.2. The molecule has 1 saturated heterocycles. The summed E-state index contributed by atoms with van der Waals surface area (Å²) in [5.41, 5.74) is 7.28. The van der Waals surface area contributed by atoms with Gasteiger partial charge in [0.15, 0.2) is 0 Å². The monoisotopic (exact) mass is 326 g/mol. The van der Waals surface area contributed by atoms with Gasteiger partial charge in [-0.15, -0.1) is 0 Å². The van der Waals surface area contributed by atoms with Gasteiger partial charge in [0.25, 0.3) is 0 Å². The zero-order valence-electron chi connectivity index (χ0n) is 13.6. The molecule has 1 aromatic carbocycles. The first-order valence-corrected chi connectivity index (χ1v) is 7.90. The van der Waals surface area contributed by atoms with E-state index in [0.717, 1.165) is 41.5 Å². The summed E-state index contributed by atoms with van der Waals surface area (Å²) in [7, 11) is 1.73. The lowest BCUT2D eigenvalue weighted by molar-refractivity contribution is -0.119. The number of nitrogens with zero attached hydrogens (tertiary/aromatic N) is 2. The van der Waals surface area contributed by atoms with E-state index < -0.39 is 0 Å². The SMILES string of the molecule is CN(N)/C(=C\N)c1ccc2cnc(NC(=O)C3CCNC3)cc2c1. The molecule has 1 amide bonds. The van der Waals surface area contributed by atoms with Crippen molar-refractivity contribution in [2.75, 3.05) is 25.5 Å². The first-order valence-electron chi connectivity index (χ1n) is 7.90. The van der Waals surface area contributed by atoms with Crippen LogP contribution in [0.2, 0.25) is 0 Å². The number of rotatable bonds is 4. The lowest BCUT2D eigenvalue weighted by atomic mass is 10.1. The van der Waals surface area contributed by atoms with Crippen LogP contribution in [0.25, 0.3) is 16.5 Å². The highest BCUT2D eigenvalue weighted by atomic mass is 16.2. The topological polar surface area (TPSA) is 109 Å². The fraction of sp³-hybridized carbons (Fsp3) is 0.294. The third kappa shape index (κ3) is 3.32. The highest BCUT2D eigenvalue weighted by Crippen LogP contribution is 2.23. The number of hydrazine groups is 1. The Morgan fingerprint density at radius 2 is 2.25 bits per heavy atom. The number of amides is 1. The van der Waals surface area contributed by atoms with Gasteiger partial charge in [0.1, 0.15) is 5.82 Å². The second-order valence-electron chi connectivity index (χ2n) is 5.97. The Kier molecular flexibility index (Phi) is 4.64. The largest absolute Gasteiger partial charge is 0.403 e. The minimum absolute atomic E-state index is 0.00602. The van der Waals surface area contributed by atoms with Crippen LogP contribution >= 0.6 is 0 Å². The number of nitrogens with two attached hydrogens (primary N) is 2. The van der Waals surface area contributed by atoms with Crippen LogP contribution in [0.15, 0.2) is 36.7 Å². The molecule has 7 nitrogen and oxygen atoms in total. The predicted octanol–water partition coefficient (Wildman–Crippen LogP) is 0.845. The molecule has 0 spiro atoms. The number of anilines is 1. The molecule has 1 aliphatic heterocycles. The number of hydrogen-bond acceptors (Lipinski definition) is 6. The Bertz CT molecular complexity index is 780. The molecular weight excluding hydrogens is 304 g/mol. The van der Waals surface area contributed by atoms with Crippen LogP contribution in [-0.4, -0.2) is 36.0 Å². The number of hydrogen-bond donors (Lipinski definition) is 4. The van der Waals surface area contributed by atoms with Gasteiger partial charge in [0, 0.05) is 36.9 Å². The van der Waals surface area contributed by atoms with Crippen molar-refractivity contribution in [1.29, 1.82) is 0 Å². The first kappa shape index (κ1) is 16.2. The Morgan fingerprint density at radius 3 is 2.92 bits per heavy atom. The molecule has 1 atom stereocenters. The number of pyridine rings is 1. The average Bonchev–Trinajstić information content (AvgIpc) is 3.09. The summed E-state index contributed by atoms with van der Waals surface area (Å²) in [4.78, 5) is 16.5. The number of carbonyl (C=O) groups excluding carboxylic acids is 1. The molecule has 1 aromatic heterocycles. The van der Waals surface area contributed by atoms with Gasteiger partial charge < -0.3 is 21.4 Å². The molecule has 6 N–H and O–H groups in total. The van der Waals surface area contributed by atoms with Gasteiger partial charge >= 0.3 is 0 Å². The minimum atomic E-state index is 0.00602.